The second-order valence-electron chi connectivity index (χ2n) is 11.9. The minimum Gasteiger partial charge on any atom is -0.372 e. The van der Waals surface area contributed by atoms with Gasteiger partial charge in [-0.1, -0.05) is 36.8 Å². The molecule has 1 saturated heterocycles. The number of carbonyl (C=O) groups excluding carboxylic acids is 1. The van der Waals surface area contributed by atoms with Crippen LogP contribution in [0.25, 0.3) is 0 Å². The van der Waals surface area contributed by atoms with Crippen molar-refractivity contribution in [3.8, 4) is 0 Å². The third-order valence-corrected chi connectivity index (χ3v) is 10.5. The van der Waals surface area contributed by atoms with Crippen LogP contribution in [-0.2, 0) is 9.53 Å². The van der Waals surface area contributed by atoms with Crippen LogP contribution >= 0.6 is 0 Å². The zero-order valence-electron chi connectivity index (χ0n) is 20.5. The summed E-state index contributed by atoms with van der Waals surface area (Å²) in [5.74, 6) is 2.06. The molecule has 0 amide bonds. The molecule has 5 atom stereocenters. The van der Waals surface area contributed by atoms with Gasteiger partial charge in [0, 0.05) is 36.5 Å². The van der Waals surface area contributed by atoms with Crippen molar-refractivity contribution in [3.63, 3.8) is 0 Å². The van der Waals surface area contributed by atoms with E-state index in [1.54, 1.807) is 11.1 Å². The largest absolute Gasteiger partial charge is 0.372 e. The first-order valence-corrected chi connectivity index (χ1v) is 13.7. The lowest BCUT2D eigenvalue weighted by Crippen LogP contribution is -2.51. The molecule has 178 valence electrons. The van der Waals surface area contributed by atoms with Gasteiger partial charge in [0.15, 0.2) is 5.78 Å². The van der Waals surface area contributed by atoms with Gasteiger partial charge in [-0.15, -0.1) is 0 Å². The Morgan fingerprint density at radius 1 is 1.03 bits per heavy atom. The smallest absolute Gasteiger partial charge is 0.156 e. The summed E-state index contributed by atoms with van der Waals surface area (Å²) in [5, 5.41) is 0. The fourth-order valence-corrected chi connectivity index (χ4v) is 8.87. The Morgan fingerprint density at radius 3 is 2.62 bits per heavy atom. The Balaban J connectivity index is 1.34. The van der Waals surface area contributed by atoms with E-state index < -0.39 is 0 Å². The van der Waals surface area contributed by atoms with Crippen LogP contribution in [-0.4, -0.2) is 31.1 Å². The number of nitrogens with zero attached hydrogens (tertiary/aromatic N) is 1. The van der Waals surface area contributed by atoms with Gasteiger partial charge in [0.1, 0.15) is 0 Å². The average Bonchev–Trinajstić information content (AvgIpc) is 3.61. The Labute approximate surface area is 203 Å². The monoisotopic (exact) mass is 455 g/mol. The number of carbonyl (C=O) groups is 1. The lowest BCUT2D eigenvalue weighted by Gasteiger charge is -2.54. The number of benzene rings is 1. The molecule has 3 fully saturated rings. The van der Waals surface area contributed by atoms with Gasteiger partial charge in [-0.05, 0) is 98.1 Å². The highest BCUT2D eigenvalue weighted by Gasteiger charge is 2.63. The van der Waals surface area contributed by atoms with Gasteiger partial charge in [-0.25, -0.2) is 0 Å². The SMILES string of the molecule is C[C@]12C[C@H](c3ccc(N4CCCC4)cc3)C3=C4CCC(=O)C=C4CC[C@H]3[C@@H]1CC[C@@]21C=CCO1. The lowest BCUT2D eigenvalue weighted by molar-refractivity contribution is -0.114. The molecule has 1 aromatic rings. The topological polar surface area (TPSA) is 29.5 Å². The summed E-state index contributed by atoms with van der Waals surface area (Å²) in [4.78, 5) is 14.8. The van der Waals surface area contributed by atoms with E-state index in [9.17, 15) is 4.79 Å². The third-order valence-electron chi connectivity index (χ3n) is 10.5. The van der Waals surface area contributed by atoms with E-state index in [1.807, 2.05) is 6.08 Å². The van der Waals surface area contributed by atoms with E-state index in [0.29, 0.717) is 30.0 Å². The molecule has 34 heavy (non-hydrogen) atoms. The molecule has 2 saturated carbocycles. The minimum absolute atomic E-state index is 0.0831. The summed E-state index contributed by atoms with van der Waals surface area (Å²) in [6, 6.07) is 9.59. The zero-order chi connectivity index (χ0) is 22.9. The molecule has 1 aromatic carbocycles. The Morgan fingerprint density at radius 2 is 1.85 bits per heavy atom. The molecule has 3 heteroatoms. The van der Waals surface area contributed by atoms with Gasteiger partial charge in [0.2, 0.25) is 0 Å². The van der Waals surface area contributed by atoms with Crippen molar-refractivity contribution in [3.05, 3.63) is 64.8 Å². The second kappa shape index (κ2) is 7.68. The summed E-state index contributed by atoms with van der Waals surface area (Å²) in [6.07, 6.45) is 16.8. The highest BCUT2D eigenvalue weighted by atomic mass is 16.5. The summed E-state index contributed by atoms with van der Waals surface area (Å²) < 4.78 is 6.56. The van der Waals surface area contributed by atoms with Gasteiger partial charge < -0.3 is 9.64 Å². The summed E-state index contributed by atoms with van der Waals surface area (Å²) in [7, 11) is 0. The van der Waals surface area contributed by atoms with Crippen LogP contribution in [0.3, 0.4) is 0 Å². The summed E-state index contributed by atoms with van der Waals surface area (Å²) in [5.41, 5.74) is 7.53. The van der Waals surface area contributed by atoms with Gasteiger partial charge >= 0.3 is 0 Å². The van der Waals surface area contributed by atoms with E-state index in [0.717, 1.165) is 32.3 Å². The molecule has 4 aliphatic carbocycles. The molecule has 6 aliphatic rings. The van der Waals surface area contributed by atoms with Crippen LogP contribution < -0.4 is 4.90 Å². The maximum Gasteiger partial charge on any atom is 0.156 e. The van der Waals surface area contributed by atoms with Gasteiger partial charge in [0.05, 0.1) is 12.2 Å². The molecule has 0 radical (unpaired) electrons. The summed E-state index contributed by atoms with van der Waals surface area (Å²) in [6.45, 7) is 5.69. The number of rotatable bonds is 2. The molecule has 2 aliphatic heterocycles. The Kier molecular flexibility index (Phi) is 4.79. The maximum atomic E-state index is 12.3. The van der Waals surface area contributed by atoms with Crippen molar-refractivity contribution in [2.45, 2.75) is 76.2 Å². The van der Waals surface area contributed by atoms with E-state index in [4.69, 9.17) is 4.74 Å². The van der Waals surface area contributed by atoms with Crippen molar-refractivity contribution in [2.24, 2.45) is 17.3 Å². The van der Waals surface area contributed by atoms with Crippen molar-refractivity contribution in [1.82, 2.24) is 0 Å². The Hall–Kier alpha value is -2.13. The highest BCUT2D eigenvalue weighted by Crippen LogP contribution is 2.68. The third kappa shape index (κ3) is 2.95. The maximum absolute atomic E-state index is 12.3. The predicted octanol–water partition coefficient (Wildman–Crippen LogP) is 6.51. The zero-order valence-corrected chi connectivity index (χ0v) is 20.5. The predicted molar refractivity (Wildman–Crippen MR) is 136 cm³/mol. The number of ether oxygens (including phenoxy) is 1. The van der Waals surface area contributed by atoms with Crippen molar-refractivity contribution >= 4 is 11.5 Å². The van der Waals surface area contributed by atoms with Crippen molar-refractivity contribution in [1.29, 1.82) is 0 Å². The summed E-state index contributed by atoms with van der Waals surface area (Å²) >= 11 is 0. The van der Waals surface area contributed by atoms with Crippen molar-refractivity contribution in [2.75, 3.05) is 24.6 Å². The number of ketones is 1. The van der Waals surface area contributed by atoms with E-state index in [2.05, 4.69) is 48.2 Å². The van der Waals surface area contributed by atoms with Gasteiger partial charge in [0.25, 0.3) is 0 Å². The first-order valence-electron chi connectivity index (χ1n) is 13.7. The molecule has 3 nitrogen and oxygen atoms in total. The number of hydrogen-bond donors (Lipinski definition) is 0. The molecular formula is C31H37NO2. The van der Waals surface area contributed by atoms with Crippen LogP contribution in [0.5, 0.6) is 0 Å². The molecule has 1 spiro atoms. The molecule has 0 unspecified atom stereocenters. The van der Waals surface area contributed by atoms with Crippen LogP contribution in [0.4, 0.5) is 5.69 Å². The highest BCUT2D eigenvalue weighted by molar-refractivity contribution is 5.93. The molecule has 0 N–H and O–H groups in total. The fourth-order valence-electron chi connectivity index (χ4n) is 8.87. The van der Waals surface area contributed by atoms with Crippen molar-refractivity contribution < 1.29 is 9.53 Å². The minimum atomic E-state index is -0.0831. The van der Waals surface area contributed by atoms with Crippen LogP contribution in [0, 0.1) is 17.3 Å². The van der Waals surface area contributed by atoms with E-state index in [-0.39, 0.29) is 11.0 Å². The first-order chi connectivity index (χ1) is 16.6. The average molecular weight is 456 g/mol. The molecular weight excluding hydrogens is 418 g/mol. The number of anilines is 1. The normalized spacial score (nSPS) is 38.9. The number of fused-ring (bicyclic) bond motifs is 5. The quantitative estimate of drug-likeness (QED) is 0.476. The van der Waals surface area contributed by atoms with Crippen LogP contribution in [0.1, 0.15) is 76.2 Å². The molecule has 7 rings (SSSR count). The number of hydrogen-bond acceptors (Lipinski definition) is 3. The molecule has 0 bridgehead atoms. The Bertz CT molecular complexity index is 1100. The molecule has 0 aromatic heterocycles. The van der Waals surface area contributed by atoms with Crippen LogP contribution in [0.15, 0.2) is 59.2 Å². The first kappa shape index (κ1) is 21.2. The molecule has 2 heterocycles. The standard InChI is InChI=1S/C31H37NO2/c1-30-20-27(21-5-8-23(9-6-21)32-16-2-3-17-32)29-25-12-10-24(33)19-22(25)7-11-26(29)28(30)13-15-31(30)14-4-18-34-31/h4-6,8-9,14,19,26-28H,2-3,7,10-13,15-18,20H2,1H3/t26-,27+,28-,30-,31-/m0/s1. The van der Waals surface area contributed by atoms with Gasteiger partial charge in [-0.2, -0.15) is 0 Å². The van der Waals surface area contributed by atoms with E-state index >= 15 is 0 Å². The van der Waals surface area contributed by atoms with Crippen LogP contribution in [0.2, 0.25) is 0 Å². The van der Waals surface area contributed by atoms with Gasteiger partial charge in [-0.3, -0.25) is 4.79 Å². The second-order valence-corrected chi connectivity index (χ2v) is 11.9. The number of allylic oxidation sites excluding steroid dienone is 4. The lowest BCUT2D eigenvalue weighted by atomic mass is 9.51. The van der Waals surface area contributed by atoms with E-state index in [1.165, 1.54) is 55.6 Å². The fraction of sp³-hybridized carbons (Fsp3) is 0.581.